The number of rotatable bonds is 10. The average Bonchev–Trinajstić information content (AvgIpc) is 2.55. The van der Waals surface area contributed by atoms with E-state index in [1.54, 1.807) is 6.07 Å². The summed E-state index contributed by atoms with van der Waals surface area (Å²) in [5.41, 5.74) is -0.360. The van der Waals surface area contributed by atoms with Gasteiger partial charge in [-0.05, 0) is 30.5 Å². The Labute approximate surface area is 141 Å². The summed E-state index contributed by atoms with van der Waals surface area (Å²) in [5.74, 6) is -0.601. The number of methoxy groups -OCH3 is 1. The van der Waals surface area contributed by atoms with Crippen LogP contribution in [0.5, 0.6) is 5.75 Å². The lowest BCUT2D eigenvalue weighted by Gasteiger charge is -2.15. The molecule has 0 atom stereocenters. The molecule has 0 aliphatic rings. The fourth-order valence-corrected chi connectivity index (χ4v) is 2.32. The Morgan fingerprint density at radius 2 is 1.83 bits per heavy atom. The van der Waals surface area contributed by atoms with Crippen LogP contribution < -0.4 is 4.74 Å². The lowest BCUT2D eigenvalue weighted by molar-refractivity contribution is -0.140. The number of aryl methyl sites for hydroxylation is 1. The quantitative estimate of drug-likeness (QED) is 0.434. The Balaban J connectivity index is 2.68. The number of hydrogen-bond donors (Lipinski definition) is 0. The van der Waals surface area contributed by atoms with E-state index in [1.807, 2.05) is 0 Å². The Morgan fingerprint density at radius 3 is 2.46 bits per heavy atom. The molecule has 0 fully saturated rings. The first kappa shape index (κ1) is 20.3. The highest BCUT2D eigenvalue weighted by Crippen LogP contribution is 2.37. The Morgan fingerprint density at radius 1 is 1.12 bits per heavy atom. The smallest absolute Gasteiger partial charge is 0.419 e. The number of carbonyl (C=O) groups is 1. The predicted molar refractivity (Wildman–Crippen MR) is 86.0 cm³/mol. The first-order valence-electron chi connectivity index (χ1n) is 8.28. The minimum absolute atomic E-state index is 0.0471. The lowest BCUT2D eigenvalue weighted by atomic mass is 10.0. The number of benzene rings is 1. The van der Waals surface area contributed by atoms with Crippen LogP contribution in [0.1, 0.15) is 56.6 Å². The monoisotopic (exact) mass is 346 g/mol. The van der Waals surface area contributed by atoms with Gasteiger partial charge >= 0.3 is 12.1 Å². The van der Waals surface area contributed by atoms with Gasteiger partial charge in [-0.25, -0.2) is 0 Å². The molecule has 0 N–H and O–H groups in total. The second-order valence-corrected chi connectivity index (χ2v) is 5.67. The van der Waals surface area contributed by atoms with Crippen molar-refractivity contribution in [3.63, 3.8) is 0 Å². The highest BCUT2D eigenvalue weighted by Gasteiger charge is 2.34. The molecule has 0 aromatic heterocycles. The molecule has 1 rings (SSSR count). The Bertz CT molecular complexity index is 513. The van der Waals surface area contributed by atoms with Crippen LogP contribution >= 0.6 is 0 Å². The number of unbranched alkanes of at least 4 members (excludes halogenated alkanes) is 4. The summed E-state index contributed by atoms with van der Waals surface area (Å²) < 4.78 is 49.4. The molecular weight excluding hydrogens is 321 g/mol. The van der Waals surface area contributed by atoms with Crippen molar-refractivity contribution in [3.8, 4) is 5.75 Å². The molecule has 6 heteroatoms. The Kier molecular flexibility index (Phi) is 8.65. The summed E-state index contributed by atoms with van der Waals surface area (Å²) in [7, 11) is 1.25. The third-order valence-corrected chi connectivity index (χ3v) is 3.70. The summed E-state index contributed by atoms with van der Waals surface area (Å²) in [6.07, 6.45) is 0.762. The third-order valence-electron chi connectivity index (χ3n) is 3.70. The van der Waals surface area contributed by atoms with Crippen molar-refractivity contribution >= 4 is 5.97 Å². The fraction of sp³-hybridized carbons (Fsp3) is 0.611. The molecule has 0 unspecified atom stereocenters. The highest BCUT2D eigenvalue weighted by molar-refractivity contribution is 5.69. The van der Waals surface area contributed by atoms with Gasteiger partial charge in [0.2, 0.25) is 0 Å². The molecule has 0 spiro atoms. The zero-order chi connectivity index (χ0) is 18.0. The van der Waals surface area contributed by atoms with Crippen molar-refractivity contribution in [3.05, 3.63) is 29.3 Å². The molecule has 24 heavy (non-hydrogen) atoms. The van der Waals surface area contributed by atoms with Gasteiger partial charge in [0.1, 0.15) is 5.75 Å². The molecule has 0 saturated heterocycles. The van der Waals surface area contributed by atoms with E-state index in [0.717, 1.165) is 38.2 Å². The first-order chi connectivity index (χ1) is 11.4. The van der Waals surface area contributed by atoms with Gasteiger partial charge in [0.15, 0.2) is 0 Å². The van der Waals surface area contributed by atoms with Gasteiger partial charge in [-0.15, -0.1) is 0 Å². The number of carbonyl (C=O) groups excluding carboxylic acids is 1. The predicted octanol–water partition coefficient (Wildman–Crippen LogP) is 5.16. The van der Waals surface area contributed by atoms with E-state index in [9.17, 15) is 18.0 Å². The van der Waals surface area contributed by atoms with Crippen LogP contribution in [0.4, 0.5) is 13.2 Å². The van der Waals surface area contributed by atoms with Crippen LogP contribution in [0.25, 0.3) is 0 Å². The van der Waals surface area contributed by atoms with Gasteiger partial charge in [-0.3, -0.25) is 4.79 Å². The van der Waals surface area contributed by atoms with Gasteiger partial charge in [0, 0.05) is 6.42 Å². The number of alkyl halides is 3. The van der Waals surface area contributed by atoms with E-state index in [-0.39, 0.29) is 25.2 Å². The van der Waals surface area contributed by atoms with Crippen LogP contribution in [-0.2, 0) is 22.1 Å². The van der Waals surface area contributed by atoms with Crippen molar-refractivity contribution in [2.75, 3.05) is 13.7 Å². The number of halogens is 3. The maximum atomic E-state index is 13.2. The second kappa shape index (κ2) is 10.2. The van der Waals surface area contributed by atoms with Crippen molar-refractivity contribution < 1.29 is 27.4 Å². The molecule has 136 valence electrons. The molecular formula is C18H25F3O3. The van der Waals surface area contributed by atoms with E-state index in [4.69, 9.17) is 4.74 Å². The van der Waals surface area contributed by atoms with Gasteiger partial charge in [-0.1, -0.05) is 38.7 Å². The molecule has 1 aromatic carbocycles. The van der Waals surface area contributed by atoms with Crippen molar-refractivity contribution in [2.24, 2.45) is 0 Å². The normalized spacial score (nSPS) is 11.4. The zero-order valence-corrected chi connectivity index (χ0v) is 14.2. The topological polar surface area (TPSA) is 35.5 Å². The minimum atomic E-state index is -4.49. The minimum Gasteiger partial charge on any atom is -0.493 e. The van der Waals surface area contributed by atoms with Crippen molar-refractivity contribution in [2.45, 2.75) is 58.0 Å². The van der Waals surface area contributed by atoms with Crippen LogP contribution in [0, 0.1) is 0 Å². The van der Waals surface area contributed by atoms with Gasteiger partial charge in [0.25, 0.3) is 0 Å². The van der Waals surface area contributed by atoms with Crippen LogP contribution in [0.3, 0.4) is 0 Å². The summed E-state index contributed by atoms with van der Waals surface area (Å²) in [5, 5.41) is 0. The van der Waals surface area contributed by atoms with Gasteiger partial charge in [0.05, 0.1) is 19.3 Å². The average molecular weight is 346 g/mol. The second-order valence-electron chi connectivity index (χ2n) is 5.67. The number of esters is 1. The van der Waals surface area contributed by atoms with E-state index in [1.165, 1.54) is 13.2 Å². The Hall–Kier alpha value is -1.72. The molecule has 0 aliphatic carbocycles. The molecule has 0 bridgehead atoms. The number of ether oxygens (including phenoxy) is 2. The molecule has 0 radical (unpaired) electrons. The van der Waals surface area contributed by atoms with Crippen LogP contribution in [0.15, 0.2) is 18.2 Å². The zero-order valence-electron chi connectivity index (χ0n) is 14.2. The summed E-state index contributed by atoms with van der Waals surface area (Å²) in [6, 6.07) is 3.95. The third kappa shape index (κ3) is 7.23. The summed E-state index contributed by atoms with van der Waals surface area (Å²) >= 11 is 0. The fourth-order valence-electron chi connectivity index (χ4n) is 2.32. The van der Waals surface area contributed by atoms with Crippen LogP contribution in [-0.4, -0.2) is 19.7 Å². The van der Waals surface area contributed by atoms with Crippen LogP contribution in [0.2, 0.25) is 0 Å². The standard InChI is InChI=1S/C18H25F3O3/c1-3-4-5-6-7-12-24-16-10-8-14(9-11-17(22)23-2)13-15(16)18(19,20)21/h8,10,13H,3-7,9,11-12H2,1-2H3. The van der Waals surface area contributed by atoms with Crippen molar-refractivity contribution in [1.82, 2.24) is 0 Å². The largest absolute Gasteiger partial charge is 0.493 e. The molecule has 0 saturated carbocycles. The highest BCUT2D eigenvalue weighted by atomic mass is 19.4. The summed E-state index contributed by atoms with van der Waals surface area (Å²) in [4.78, 5) is 11.1. The molecule has 1 aromatic rings. The molecule has 0 heterocycles. The van der Waals surface area contributed by atoms with Gasteiger partial charge < -0.3 is 9.47 Å². The molecule has 0 amide bonds. The van der Waals surface area contributed by atoms with E-state index in [2.05, 4.69) is 11.7 Å². The maximum Gasteiger partial charge on any atom is 0.419 e. The molecule has 0 aliphatic heterocycles. The van der Waals surface area contributed by atoms with E-state index >= 15 is 0 Å². The maximum absolute atomic E-state index is 13.2. The number of hydrogen-bond acceptors (Lipinski definition) is 3. The van der Waals surface area contributed by atoms with E-state index < -0.39 is 17.7 Å². The van der Waals surface area contributed by atoms with Gasteiger partial charge in [-0.2, -0.15) is 13.2 Å². The SMILES string of the molecule is CCCCCCCOc1ccc(CCC(=O)OC)cc1C(F)(F)F. The first-order valence-corrected chi connectivity index (χ1v) is 8.28. The van der Waals surface area contributed by atoms with Crippen molar-refractivity contribution in [1.29, 1.82) is 0 Å². The summed E-state index contributed by atoms with van der Waals surface area (Å²) in [6.45, 7) is 2.38. The van der Waals surface area contributed by atoms with E-state index in [0.29, 0.717) is 5.56 Å². The lowest BCUT2D eigenvalue weighted by Crippen LogP contribution is -2.11. The molecule has 3 nitrogen and oxygen atoms in total.